The van der Waals surface area contributed by atoms with Crippen molar-refractivity contribution < 1.29 is 24.3 Å². The molecule has 10 heteroatoms. The third-order valence-electron chi connectivity index (χ3n) is 5.21. The number of aliphatic carboxylic acids is 1. The molecule has 2 atom stereocenters. The number of primary amides is 1. The maximum absolute atomic E-state index is 12.6. The van der Waals surface area contributed by atoms with E-state index in [1.54, 1.807) is 6.92 Å². The monoisotopic (exact) mass is 524 g/mol. The zero-order chi connectivity index (χ0) is 27.5. The summed E-state index contributed by atoms with van der Waals surface area (Å²) in [7, 11) is 0. The Kier molecular flexibility index (Phi) is 18.0. The van der Waals surface area contributed by atoms with Crippen LogP contribution in [-0.4, -0.2) is 59.1 Å². The number of rotatable bonds is 18. The molecule has 0 heterocycles. The summed E-state index contributed by atoms with van der Waals surface area (Å²) in [6.45, 7) is 10.5. The molecule has 0 rings (SSSR count). The average Bonchev–Trinajstić information content (AvgIpc) is 2.78. The van der Waals surface area contributed by atoms with Crippen molar-refractivity contribution >= 4 is 35.6 Å². The van der Waals surface area contributed by atoms with Crippen LogP contribution in [0.15, 0.2) is 34.9 Å². The molecule has 0 aromatic carbocycles. The number of carbonyl (C=O) groups excluding carboxylic acids is 3. The lowest BCUT2D eigenvalue weighted by Gasteiger charge is -2.21. The molecule has 4 amide bonds. The molecule has 0 aliphatic rings. The van der Waals surface area contributed by atoms with Crippen LogP contribution in [-0.2, 0) is 14.4 Å². The normalized spacial score (nSPS) is 13.4. The molecule has 0 spiro atoms. The van der Waals surface area contributed by atoms with E-state index in [2.05, 4.69) is 61.9 Å². The van der Waals surface area contributed by atoms with Crippen LogP contribution in [0.5, 0.6) is 0 Å². The molecular weight excluding hydrogens is 480 g/mol. The molecule has 0 saturated heterocycles. The second-order valence-electron chi connectivity index (χ2n) is 8.96. The molecule has 6 N–H and O–H groups in total. The Bertz CT molecular complexity index is 819. The van der Waals surface area contributed by atoms with E-state index in [9.17, 15) is 24.3 Å². The lowest BCUT2D eigenvalue weighted by Crippen LogP contribution is -2.54. The van der Waals surface area contributed by atoms with Crippen molar-refractivity contribution in [2.75, 3.05) is 18.1 Å². The Balaban J connectivity index is 4.70. The maximum atomic E-state index is 12.6. The molecule has 0 radical (unpaired) electrons. The quantitative estimate of drug-likeness (QED) is 0.136. The van der Waals surface area contributed by atoms with Crippen LogP contribution in [0.1, 0.15) is 73.1 Å². The van der Waals surface area contributed by atoms with E-state index in [0.717, 1.165) is 25.7 Å². The highest BCUT2D eigenvalue weighted by atomic mass is 32.2. The van der Waals surface area contributed by atoms with Crippen molar-refractivity contribution in [3.63, 3.8) is 0 Å². The molecule has 0 fully saturated rings. The highest BCUT2D eigenvalue weighted by molar-refractivity contribution is 7.99. The number of hydrogen-bond donors (Lipinski definition) is 5. The second kappa shape index (κ2) is 19.4. The molecule has 0 saturated carbocycles. The number of urea groups is 1. The number of allylic oxidation sites excluding steroid dienone is 5. The molecule has 36 heavy (non-hydrogen) atoms. The van der Waals surface area contributed by atoms with Gasteiger partial charge in [0.1, 0.15) is 12.1 Å². The molecule has 0 aromatic rings. The second-order valence-corrected chi connectivity index (χ2v) is 10.0. The number of carbonyl (C=O) groups is 4. The summed E-state index contributed by atoms with van der Waals surface area (Å²) in [6, 6.07) is -2.78. The zero-order valence-corrected chi connectivity index (χ0v) is 23.1. The fourth-order valence-electron chi connectivity index (χ4n) is 3.10. The minimum Gasteiger partial charge on any atom is -0.480 e. The van der Waals surface area contributed by atoms with Gasteiger partial charge in [-0.15, -0.1) is 0 Å². The van der Waals surface area contributed by atoms with E-state index in [4.69, 9.17) is 5.73 Å². The fourth-order valence-corrected chi connectivity index (χ4v) is 4.10. The summed E-state index contributed by atoms with van der Waals surface area (Å²) < 4.78 is 0. The van der Waals surface area contributed by atoms with Gasteiger partial charge in [-0.05, 0) is 66.7 Å². The minimum atomic E-state index is -1.17. The Labute approximate surface area is 219 Å². The summed E-state index contributed by atoms with van der Waals surface area (Å²) in [5.41, 5.74) is 9.09. The van der Waals surface area contributed by atoms with Gasteiger partial charge in [0.15, 0.2) is 0 Å². The van der Waals surface area contributed by atoms with E-state index < -0.39 is 35.9 Å². The first-order chi connectivity index (χ1) is 17.0. The summed E-state index contributed by atoms with van der Waals surface area (Å²) in [4.78, 5) is 47.2. The van der Waals surface area contributed by atoms with Crippen molar-refractivity contribution in [2.24, 2.45) is 5.73 Å². The Hall–Kier alpha value is -2.75. The first kappa shape index (κ1) is 33.2. The number of thioether (sulfide) groups is 1. The van der Waals surface area contributed by atoms with Gasteiger partial charge >= 0.3 is 12.0 Å². The lowest BCUT2D eigenvalue weighted by molar-refractivity contribution is -0.141. The van der Waals surface area contributed by atoms with Gasteiger partial charge in [-0.1, -0.05) is 34.9 Å². The van der Waals surface area contributed by atoms with E-state index in [0.29, 0.717) is 12.3 Å². The van der Waals surface area contributed by atoms with Crippen LogP contribution in [0.3, 0.4) is 0 Å². The summed E-state index contributed by atoms with van der Waals surface area (Å²) in [5.74, 6) is -1.67. The van der Waals surface area contributed by atoms with Crippen molar-refractivity contribution in [1.82, 2.24) is 16.0 Å². The molecule has 0 bridgehead atoms. The number of nitrogens with one attached hydrogen (secondary N) is 3. The maximum Gasteiger partial charge on any atom is 0.327 e. The van der Waals surface area contributed by atoms with Crippen LogP contribution >= 0.6 is 11.8 Å². The van der Waals surface area contributed by atoms with E-state index in [1.807, 2.05) is 0 Å². The Morgan fingerprint density at radius 2 is 1.50 bits per heavy atom. The molecule has 0 aliphatic heterocycles. The summed E-state index contributed by atoms with van der Waals surface area (Å²) in [5, 5.41) is 16.9. The number of carboxylic acids is 1. The standard InChI is InChI=1S/C26H44N4O5S/c1-6-28-26(35)30-21(13-14-23(27)31)24(32)29-22(25(33)34)17-36-16-15-20(5)12-8-11-19(4)10-7-9-18(2)3/h9,11,15,21-22H,6-8,10,12-14,16-17H2,1-5H3,(H2,27,31)(H,29,32)(H,33,34)(H2,28,30,35)/t21?,22-/m0/s1. The van der Waals surface area contributed by atoms with Crippen molar-refractivity contribution in [3.05, 3.63) is 34.9 Å². The fraction of sp³-hybridized carbons (Fsp3) is 0.615. The third kappa shape index (κ3) is 17.7. The van der Waals surface area contributed by atoms with Crippen molar-refractivity contribution in [1.29, 1.82) is 0 Å². The van der Waals surface area contributed by atoms with Crippen LogP contribution in [0.2, 0.25) is 0 Å². The van der Waals surface area contributed by atoms with Crippen LogP contribution in [0.4, 0.5) is 4.79 Å². The number of carboxylic acid groups (broad SMARTS) is 1. The van der Waals surface area contributed by atoms with Gasteiger partial charge in [0.2, 0.25) is 11.8 Å². The first-order valence-corrected chi connectivity index (χ1v) is 13.5. The Morgan fingerprint density at radius 1 is 0.889 bits per heavy atom. The predicted octanol–water partition coefficient (Wildman–Crippen LogP) is 3.66. The molecule has 1 unspecified atom stereocenters. The van der Waals surface area contributed by atoms with Crippen molar-refractivity contribution in [2.45, 2.75) is 85.2 Å². The molecule has 204 valence electrons. The van der Waals surface area contributed by atoms with Gasteiger partial charge in [0, 0.05) is 24.5 Å². The number of hydrogen-bond acceptors (Lipinski definition) is 5. The SMILES string of the molecule is CCNC(=O)NC(CCC(N)=O)C(=O)N[C@@H](CSCC=C(C)CCC=C(C)CCC=C(C)C)C(=O)O. The summed E-state index contributed by atoms with van der Waals surface area (Å²) >= 11 is 1.40. The van der Waals surface area contributed by atoms with Gasteiger partial charge in [-0.25, -0.2) is 9.59 Å². The lowest BCUT2D eigenvalue weighted by atomic mass is 10.1. The molecule has 9 nitrogen and oxygen atoms in total. The van der Waals surface area contributed by atoms with Gasteiger partial charge in [-0.3, -0.25) is 9.59 Å². The highest BCUT2D eigenvalue weighted by Gasteiger charge is 2.26. The smallest absolute Gasteiger partial charge is 0.327 e. The highest BCUT2D eigenvalue weighted by Crippen LogP contribution is 2.13. The Morgan fingerprint density at radius 3 is 2.06 bits per heavy atom. The topological polar surface area (TPSA) is 151 Å². The van der Waals surface area contributed by atoms with Gasteiger partial charge in [0.25, 0.3) is 0 Å². The average molecular weight is 525 g/mol. The van der Waals surface area contributed by atoms with Crippen LogP contribution in [0.25, 0.3) is 0 Å². The van der Waals surface area contributed by atoms with Gasteiger partial charge in [0.05, 0.1) is 0 Å². The van der Waals surface area contributed by atoms with Gasteiger partial charge < -0.3 is 26.8 Å². The van der Waals surface area contributed by atoms with Crippen molar-refractivity contribution in [3.8, 4) is 0 Å². The van der Waals surface area contributed by atoms with E-state index in [1.165, 1.54) is 28.5 Å². The largest absolute Gasteiger partial charge is 0.480 e. The van der Waals surface area contributed by atoms with Crippen LogP contribution in [0, 0.1) is 0 Å². The zero-order valence-electron chi connectivity index (χ0n) is 22.3. The van der Waals surface area contributed by atoms with E-state index >= 15 is 0 Å². The van der Waals surface area contributed by atoms with Gasteiger partial charge in [-0.2, -0.15) is 11.8 Å². The first-order valence-electron chi connectivity index (χ1n) is 12.3. The third-order valence-corrected chi connectivity index (χ3v) is 6.18. The van der Waals surface area contributed by atoms with Crippen LogP contribution < -0.4 is 21.7 Å². The van der Waals surface area contributed by atoms with E-state index in [-0.39, 0.29) is 18.6 Å². The molecule has 0 aliphatic carbocycles. The molecular formula is C26H44N4O5S. The number of amides is 4. The molecule has 0 aromatic heterocycles. The predicted molar refractivity (Wildman–Crippen MR) is 147 cm³/mol. The minimum absolute atomic E-state index is 0.0252. The summed E-state index contributed by atoms with van der Waals surface area (Å²) in [6.07, 6.45) is 10.5. The number of nitrogens with two attached hydrogens (primary N) is 1.